The van der Waals surface area contributed by atoms with E-state index in [1.807, 2.05) is 31.6 Å². The van der Waals surface area contributed by atoms with E-state index < -0.39 is 0 Å². The summed E-state index contributed by atoms with van der Waals surface area (Å²) in [7, 11) is 1.90. The van der Waals surface area contributed by atoms with Crippen LogP contribution in [0, 0.1) is 13.8 Å². The molecule has 0 fully saturated rings. The minimum Gasteiger partial charge on any atom is -0.323 e. The zero-order valence-electron chi connectivity index (χ0n) is 11.4. The highest BCUT2D eigenvalue weighted by Gasteiger charge is 2.12. The van der Waals surface area contributed by atoms with Crippen molar-refractivity contribution in [3.05, 3.63) is 22.7 Å². The van der Waals surface area contributed by atoms with Gasteiger partial charge in [0, 0.05) is 23.7 Å². The lowest BCUT2D eigenvalue weighted by molar-refractivity contribution is 0.743. The Labute approximate surface area is 119 Å². The van der Waals surface area contributed by atoms with E-state index in [0.717, 1.165) is 21.7 Å². The van der Waals surface area contributed by atoms with Crippen molar-refractivity contribution >= 4 is 39.1 Å². The second kappa shape index (κ2) is 4.73. The van der Waals surface area contributed by atoms with E-state index in [9.17, 15) is 0 Å². The van der Waals surface area contributed by atoms with E-state index in [0.29, 0.717) is 11.8 Å². The molecule has 104 valence electrons. The average Bonchev–Trinajstić information content (AvgIpc) is 2.92. The molecule has 0 radical (unpaired) electrons. The van der Waals surface area contributed by atoms with Gasteiger partial charge in [0.1, 0.15) is 10.6 Å². The Hall–Kier alpha value is -2.19. The Balaban J connectivity index is 2.09. The van der Waals surface area contributed by atoms with Gasteiger partial charge >= 0.3 is 0 Å². The van der Waals surface area contributed by atoms with Gasteiger partial charge in [0.05, 0.1) is 5.39 Å². The summed E-state index contributed by atoms with van der Waals surface area (Å²) in [6, 6.07) is 4.02. The lowest BCUT2D eigenvalue weighted by atomic mass is 10.3. The second-order valence-corrected chi connectivity index (χ2v) is 5.77. The molecule has 0 bridgehead atoms. The highest BCUT2D eigenvalue weighted by molar-refractivity contribution is 7.18. The van der Waals surface area contributed by atoms with Crippen molar-refractivity contribution in [1.82, 2.24) is 19.7 Å². The van der Waals surface area contributed by atoms with Gasteiger partial charge in [0.2, 0.25) is 5.95 Å². The molecular weight excluding hydrogens is 274 g/mol. The van der Waals surface area contributed by atoms with Crippen LogP contribution in [0.5, 0.6) is 0 Å². The van der Waals surface area contributed by atoms with Crippen LogP contribution in [0.25, 0.3) is 10.2 Å². The molecule has 0 aliphatic carbocycles. The molecule has 4 N–H and O–H groups in total. The number of nitrogens with two attached hydrogens (primary N) is 1. The monoisotopic (exact) mass is 289 g/mol. The molecule has 0 unspecified atom stereocenters. The van der Waals surface area contributed by atoms with Crippen LogP contribution in [0.1, 0.15) is 10.6 Å². The number of thiophene rings is 1. The Kier molecular flexibility index (Phi) is 3.03. The third-order valence-electron chi connectivity index (χ3n) is 3.01. The van der Waals surface area contributed by atoms with Gasteiger partial charge < -0.3 is 5.32 Å². The number of fused-ring (bicyclic) bond motifs is 1. The molecule has 0 atom stereocenters. The van der Waals surface area contributed by atoms with Crippen molar-refractivity contribution in [2.75, 3.05) is 10.7 Å². The molecule has 8 heteroatoms. The molecule has 7 nitrogen and oxygen atoms in total. The van der Waals surface area contributed by atoms with E-state index in [1.54, 1.807) is 11.3 Å². The maximum Gasteiger partial charge on any atom is 0.240 e. The number of aryl methyl sites for hydroxylation is 3. The fourth-order valence-electron chi connectivity index (χ4n) is 1.94. The van der Waals surface area contributed by atoms with E-state index in [4.69, 9.17) is 5.84 Å². The van der Waals surface area contributed by atoms with Crippen LogP contribution in [0.2, 0.25) is 0 Å². The normalized spacial score (nSPS) is 11.0. The molecule has 0 saturated heterocycles. The molecule has 0 amide bonds. The minimum absolute atomic E-state index is 0.384. The number of nitrogen functional groups attached to an aromatic ring is 1. The predicted octanol–water partition coefficient (Wildman–Crippen LogP) is 2.07. The van der Waals surface area contributed by atoms with E-state index >= 15 is 0 Å². The van der Waals surface area contributed by atoms with Gasteiger partial charge in [-0.3, -0.25) is 10.1 Å². The van der Waals surface area contributed by atoms with E-state index in [-0.39, 0.29) is 0 Å². The molecule has 0 spiro atoms. The number of nitrogens with one attached hydrogen (secondary N) is 2. The highest BCUT2D eigenvalue weighted by atomic mass is 32.1. The molecule has 0 aromatic carbocycles. The largest absolute Gasteiger partial charge is 0.323 e. The van der Waals surface area contributed by atoms with Crippen molar-refractivity contribution in [3.63, 3.8) is 0 Å². The number of rotatable bonds is 3. The maximum absolute atomic E-state index is 5.42. The first kappa shape index (κ1) is 12.8. The summed E-state index contributed by atoms with van der Waals surface area (Å²) in [5.41, 5.74) is 3.56. The fraction of sp³-hybridized carbons (Fsp3) is 0.250. The quantitative estimate of drug-likeness (QED) is 0.505. The van der Waals surface area contributed by atoms with Crippen molar-refractivity contribution in [2.45, 2.75) is 13.8 Å². The summed E-state index contributed by atoms with van der Waals surface area (Å²) < 4.78 is 1.81. The van der Waals surface area contributed by atoms with Crippen LogP contribution in [-0.4, -0.2) is 19.7 Å². The van der Waals surface area contributed by atoms with Crippen LogP contribution in [0.15, 0.2) is 12.1 Å². The number of aromatic nitrogens is 4. The lowest BCUT2D eigenvalue weighted by Gasteiger charge is -2.05. The molecule has 0 saturated carbocycles. The Morgan fingerprint density at radius 1 is 1.25 bits per heavy atom. The third-order valence-corrected chi connectivity index (χ3v) is 3.95. The molecule has 20 heavy (non-hydrogen) atoms. The second-order valence-electron chi connectivity index (χ2n) is 4.54. The standard InChI is InChI=1S/C12H15N7S/c1-6-4-9(18-19(6)3)14-10-8-5-7(2)20-11(8)16-12(15-10)17-13/h4-5H,13H2,1-3H3,(H2,14,15,16,17,18). The number of hydrogen-bond donors (Lipinski definition) is 3. The summed E-state index contributed by atoms with van der Waals surface area (Å²) in [5.74, 6) is 7.25. The number of hydrogen-bond acceptors (Lipinski definition) is 7. The van der Waals surface area contributed by atoms with Crippen LogP contribution in [0.3, 0.4) is 0 Å². The third kappa shape index (κ3) is 2.19. The Bertz CT molecular complexity index is 754. The van der Waals surface area contributed by atoms with Gasteiger partial charge in [0.15, 0.2) is 5.82 Å². The number of nitrogens with zero attached hydrogens (tertiary/aromatic N) is 4. The topological polar surface area (TPSA) is 93.7 Å². The molecule has 3 aromatic heterocycles. The first-order chi connectivity index (χ1) is 9.56. The van der Waals surface area contributed by atoms with Gasteiger partial charge in [-0.1, -0.05) is 0 Å². The zero-order chi connectivity index (χ0) is 14.3. The minimum atomic E-state index is 0.384. The first-order valence-corrected chi connectivity index (χ1v) is 6.91. The Morgan fingerprint density at radius 3 is 2.70 bits per heavy atom. The van der Waals surface area contributed by atoms with Crippen molar-refractivity contribution in [3.8, 4) is 0 Å². The summed E-state index contributed by atoms with van der Waals surface area (Å²) in [5, 5.41) is 8.56. The van der Waals surface area contributed by atoms with Crippen LogP contribution in [0.4, 0.5) is 17.6 Å². The molecule has 0 aliphatic heterocycles. The zero-order valence-corrected chi connectivity index (χ0v) is 12.2. The van der Waals surface area contributed by atoms with E-state index in [1.165, 1.54) is 4.88 Å². The van der Waals surface area contributed by atoms with Crippen LogP contribution < -0.4 is 16.6 Å². The lowest BCUT2D eigenvalue weighted by Crippen LogP contribution is -2.11. The Morgan fingerprint density at radius 2 is 2.05 bits per heavy atom. The van der Waals surface area contributed by atoms with Crippen LogP contribution in [-0.2, 0) is 7.05 Å². The van der Waals surface area contributed by atoms with Gasteiger partial charge in [-0.15, -0.1) is 11.3 Å². The molecule has 3 rings (SSSR count). The SMILES string of the molecule is Cc1cc2c(Nc3cc(C)n(C)n3)nc(NN)nc2s1. The highest BCUT2D eigenvalue weighted by Crippen LogP contribution is 2.30. The summed E-state index contributed by atoms with van der Waals surface area (Å²) in [6.45, 7) is 4.03. The molecule has 3 heterocycles. The summed E-state index contributed by atoms with van der Waals surface area (Å²) >= 11 is 1.60. The van der Waals surface area contributed by atoms with Crippen molar-refractivity contribution in [1.29, 1.82) is 0 Å². The van der Waals surface area contributed by atoms with Crippen LogP contribution >= 0.6 is 11.3 Å². The fourth-order valence-corrected chi connectivity index (χ4v) is 2.82. The van der Waals surface area contributed by atoms with Gasteiger partial charge in [-0.05, 0) is 19.9 Å². The molecule has 3 aromatic rings. The molecular formula is C12H15N7S. The molecule has 0 aliphatic rings. The van der Waals surface area contributed by atoms with Crippen molar-refractivity contribution in [2.24, 2.45) is 12.9 Å². The van der Waals surface area contributed by atoms with Gasteiger partial charge in [0.25, 0.3) is 0 Å². The summed E-state index contributed by atoms with van der Waals surface area (Å²) in [4.78, 5) is 10.8. The maximum atomic E-state index is 5.42. The smallest absolute Gasteiger partial charge is 0.240 e. The summed E-state index contributed by atoms with van der Waals surface area (Å²) in [6.07, 6.45) is 0. The van der Waals surface area contributed by atoms with Crippen molar-refractivity contribution < 1.29 is 0 Å². The van der Waals surface area contributed by atoms with Gasteiger partial charge in [-0.2, -0.15) is 10.1 Å². The average molecular weight is 289 g/mol. The van der Waals surface area contributed by atoms with Gasteiger partial charge in [-0.25, -0.2) is 10.8 Å². The van der Waals surface area contributed by atoms with E-state index in [2.05, 4.69) is 31.9 Å². The first-order valence-electron chi connectivity index (χ1n) is 6.09. The number of anilines is 3. The predicted molar refractivity (Wildman–Crippen MR) is 81.2 cm³/mol. The number of hydrazine groups is 1.